The molecule has 2 atom stereocenters. The van der Waals surface area contributed by atoms with Gasteiger partial charge in [0.25, 0.3) is 0 Å². The fourth-order valence-corrected chi connectivity index (χ4v) is 1.54. The van der Waals surface area contributed by atoms with Crippen LogP contribution in [-0.4, -0.2) is 48.2 Å². The first-order valence-electron chi connectivity index (χ1n) is 5.40. The zero-order valence-electron chi connectivity index (χ0n) is 10.2. The van der Waals surface area contributed by atoms with Crippen molar-refractivity contribution in [2.24, 2.45) is 0 Å². The summed E-state index contributed by atoms with van der Waals surface area (Å²) in [5.74, 6) is 0. The maximum Gasteiger partial charge on any atom is 0.410 e. The lowest BCUT2D eigenvalue weighted by molar-refractivity contribution is -0.130. The van der Waals surface area contributed by atoms with Crippen LogP contribution in [0.3, 0.4) is 0 Å². The van der Waals surface area contributed by atoms with Crippen molar-refractivity contribution in [3.8, 4) is 0 Å². The van der Waals surface area contributed by atoms with E-state index in [0.717, 1.165) is 0 Å². The lowest BCUT2D eigenvalue weighted by atomic mass is 10.2. The molecule has 0 aromatic rings. The largest absolute Gasteiger partial charge is 0.444 e. The normalized spacial score (nSPS) is 26.4. The Morgan fingerprint density at radius 3 is 2.56 bits per heavy atom. The number of carbonyl (C=O) groups is 2. The molecule has 1 unspecified atom stereocenters. The fourth-order valence-electron chi connectivity index (χ4n) is 1.54. The van der Waals surface area contributed by atoms with Crippen LogP contribution in [-0.2, 0) is 14.3 Å². The van der Waals surface area contributed by atoms with Crippen LogP contribution in [0.5, 0.6) is 0 Å². The van der Waals surface area contributed by atoms with Gasteiger partial charge in [-0.3, -0.25) is 0 Å². The van der Waals surface area contributed by atoms with Gasteiger partial charge in [-0.1, -0.05) is 0 Å². The third kappa shape index (κ3) is 3.81. The van der Waals surface area contributed by atoms with Gasteiger partial charge in [-0.25, -0.2) is 4.79 Å². The highest BCUT2D eigenvalue weighted by atomic mass is 16.6. The van der Waals surface area contributed by atoms with Crippen molar-refractivity contribution in [1.29, 1.82) is 0 Å². The topological polar surface area (TPSA) is 55.8 Å². The molecule has 5 nitrogen and oxygen atoms in total. The van der Waals surface area contributed by atoms with Crippen molar-refractivity contribution in [2.45, 2.75) is 45.5 Å². The van der Waals surface area contributed by atoms with Crippen LogP contribution in [0.2, 0.25) is 0 Å². The first kappa shape index (κ1) is 13.0. The second-order valence-corrected chi connectivity index (χ2v) is 5.01. The number of hydrogen-bond donors (Lipinski definition) is 0. The van der Waals surface area contributed by atoms with Gasteiger partial charge in [0.15, 0.2) is 6.29 Å². The Morgan fingerprint density at radius 2 is 2.06 bits per heavy atom. The fraction of sp³-hybridized carbons (Fsp3) is 0.818. The van der Waals surface area contributed by atoms with E-state index in [9.17, 15) is 9.59 Å². The standard InChI is InChI=1S/C11H19NO4/c1-8-5-12(6-9(7-13)15-8)10(14)16-11(2,3)4/h7-9H,5-6H2,1-4H3/t8-,9?/m0/s1. The van der Waals surface area contributed by atoms with Gasteiger partial charge >= 0.3 is 6.09 Å². The molecule has 16 heavy (non-hydrogen) atoms. The molecule has 1 aliphatic rings. The van der Waals surface area contributed by atoms with Gasteiger partial charge in [0, 0.05) is 0 Å². The average Bonchev–Trinajstić information content (AvgIpc) is 2.14. The molecule has 0 N–H and O–H groups in total. The van der Waals surface area contributed by atoms with E-state index >= 15 is 0 Å². The third-order valence-corrected chi connectivity index (χ3v) is 2.09. The Hall–Kier alpha value is -1.10. The minimum Gasteiger partial charge on any atom is -0.444 e. The number of amides is 1. The van der Waals surface area contributed by atoms with Crippen LogP contribution in [0.15, 0.2) is 0 Å². The maximum absolute atomic E-state index is 11.8. The van der Waals surface area contributed by atoms with E-state index in [1.54, 1.807) is 0 Å². The molecule has 0 bridgehead atoms. The highest BCUT2D eigenvalue weighted by Crippen LogP contribution is 2.15. The molecular weight excluding hydrogens is 210 g/mol. The van der Waals surface area contributed by atoms with Gasteiger partial charge in [-0.05, 0) is 27.7 Å². The van der Waals surface area contributed by atoms with E-state index in [1.807, 2.05) is 27.7 Å². The Morgan fingerprint density at radius 1 is 1.44 bits per heavy atom. The summed E-state index contributed by atoms with van der Waals surface area (Å²) in [6.45, 7) is 7.99. The van der Waals surface area contributed by atoms with Gasteiger partial charge in [0.05, 0.1) is 19.2 Å². The Labute approximate surface area is 95.7 Å². The van der Waals surface area contributed by atoms with Gasteiger partial charge < -0.3 is 19.2 Å². The Kier molecular flexibility index (Phi) is 3.91. The van der Waals surface area contributed by atoms with Gasteiger partial charge in [0.2, 0.25) is 0 Å². The monoisotopic (exact) mass is 229 g/mol. The summed E-state index contributed by atoms with van der Waals surface area (Å²) >= 11 is 0. The number of carbonyl (C=O) groups excluding carboxylic acids is 2. The molecule has 0 spiro atoms. The van der Waals surface area contributed by atoms with E-state index < -0.39 is 17.8 Å². The first-order valence-corrected chi connectivity index (χ1v) is 5.40. The number of ether oxygens (including phenoxy) is 2. The van der Waals surface area contributed by atoms with Crippen molar-refractivity contribution < 1.29 is 19.1 Å². The SMILES string of the molecule is C[C@H]1CN(C(=O)OC(C)(C)C)CC(C=O)O1. The number of nitrogens with zero attached hydrogens (tertiary/aromatic N) is 1. The zero-order chi connectivity index (χ0) is 12.3. The van der Waals surface area contributed by atoms with Crippen LogP contribution < -0.4 is 0 Å². The highest BCUT2D eigenvalue weighted by Gasteiger charge is 2.30. The van der Waals surface area contributed by atoms with Crippen LogP contribution in [0.1, 0.15) is 27.7 Å². The summed E-state index contributed by atoms with van der Waals surface area (Å²) in [5.41, 5.74) is -0.519. The third-order valence-electron chi connectivity index (χ3n) is 2.09. The molecule has 0 aliphatic carbocycles. The van der Waals surface area contributed by atoms with Crippen LogP contribution in [0.4, 0.5) is 4.79 Å². The van der Waals surface area contributed by atoms with Crippen molar-refractivity contribution >= 4 is 12.4 Å². The van der Waals surface area contributed by atoms with Gasteiger partial charge in [-0.2, -0.15) is 0 Å². The predicted molar refractivity (Wildman–Crippen MR) is 58.2 cm³/mol. The molecule has 1 heterocycles. The van der Waals surface area contributed by atoms with Crippen molar-refractivity contribution in [1.82, 2.24) is 4.90 Å². The van der Waals surface area contributed by atoms with Crippen molar-refractivity contribution in [3.63, 3.8) is 0 Å². The summed E-state index contributed by atoms with van der Waals surface area (Å²) in [6, 6.07) is 0. The highest BCUT2D eigenvalue weighted by molar-refractivity contribution is 5.69. The smallest absolute Gasteiger partial charge is 0.410 e. The molecule has 1 fully saturated rings. The Balaban J connectivity index is 2.58. The van der Waals surface area contributed by atoms with Crippen LogP contribution in [0, 0.1) is 0 Å². The average molecular weight is 229 g/mol. The summed E-state index contributed by atoms with van der Waals surface area (Å²) < 4.78 is 10.6. The number of aldehydes is 1. The number of hydrogen-bond acceptors (Lipinski definition) is 4. The lowest BCUT2D eigenvalue weighted by Gasteiger charge is -2.35. The Bertz CT molecular complexity index is 272. The molecule has 5 heteroatoms. The summed E-state index contributed by atoms with van der Waals surface area (Å²) in [4.78, 5) is 23.9. The van der Waals surface area contributed by atoms with Crippen molar-refractivity contribution in [3.05, 3.63) is 0 Å². The van der Waals surface area contributed by atoms with Crippen molar-refractivity contribution in [2.75, 3.05) is 13.1 Å². The quantitative estimate of drug-likeness (QED) is 0.634. The lowest BCUT2D eigenvalue weighted by Crippen LogP contribution is -2.51. The van der Waals surface area contributed by atoms with E-state index in [4.69, 9.17) is 9.47 Å². The minimum absolute atomic E-state index is 0.142. The molecule has 0 saturated carbocycles. The molecule has 1 aliphatic heterocycles. The molecule has 1 amide bonds. The molecule has 0 aromatic carbocycles. The van der Waals surface area contributed by atoms with Crippen LogP contribution in [0.25, 0.3) is 0 Å². The summed E-state index contributed by atoms with van der Waals surface area (Å²) in [7, 11) is 0. The molecule has 0 aromatic heterocycles. The van der Waals surface area contributed by atoms with Gasteiger partial charge in [-0.15, -0.1) is 0 Å². The first-order chi connectivity index (χ1) is 7.31. The number of rotatable bonds is 1. The second-order valence-electron chi connectivity index (χ2n) is 5.01. The molecule has 0 radical (unpaired) electrons. The van der Waals surface area contributed by atoms with Gasteiger partial charge in [0.1, 0.15) is 11.7 Å². The summed E-state index contributed by atoms with van der Waals surface area (Å²) in [5, 5.41) is 0. The van der Waals surface area contributed by atoms with E-state index in [1.165, 1.54) is 4.90 Å². The summed E-state index contributed by atoms with van der Waals surface area (Å²) in [6.07, 6.45) is -0.366. The molecule has 1 rings (SSSR count). The number of morpholine rings is 1. The molecule has 1 saturated heterocycles. The molecule has 92 valence electrons. The zero-order valence-corrected chi connectivity index (χ0v) is 10.2. The minimum atomic E-state index is -0.545. The maximum atomic E-state index is 11.8. The van der Waals surface area contributed by atoms with E-state index in [2.05, 4.69) is 0 Å². The van der Waals surface area contributed by atoms with E-state index in [0.29, 0.717) is 12.8 Å². The second kappa shape index (κ2) is 4.82. The molecular formula is C11H19NO4. The predicted octanol–water partition coefficient (Wildman–Crippen LogP) is 1.21. The van der Waals surface area contributed by atoms with E-state index in [-0.39, 0.29) is 12.6 Å². The van der Waals surface area contributed by atoms with Crippen LogP contribution >= 0.6 is 0 Å².